The summed E-state index contributed by atoms with van der Waals surface area (Å²) in [5.74, 6) is 1.47. The van der Waals surface area contributed by atoms with E-state index in [0.717, 1.165) is 12.2 Å². The van der Waals surface area contributed by atoms with E-state index in [4.69, 9.17) is 18.9 Å². The van der Waals surface area contributed by atoms with E-state index in [2.05, 4.69) is 40.7 Å². The summed E-state index contributed by atoms with van der Waals surface area (Å²) in [5, 5.41) is 0. The summed E-state index contributed by atoms with van der Waals surface area (Å²) in [5.41, 5.74) is 1.43. The monoisotopic (exact) mass is 374 g/mol. The van der Waals surface area contributed by atoms with E-state index in [0.29, 0.717) is 23.0 Å². The standard InChI is InChI=1S/C22H30O5/c1-9-14-21(6)16-11(2)10-20(5,27-26-16)19(21)22(14,7)17-12(3)15(23)13(4)18(24-8)25-17/h10,14,16,19H,9H2,1-8H3/t14-,16+,19-,20-,21+,22-/m1/s1. The maximum Gasteiger partial charge on any atom is 0.291 e. The van der Waals surface area contributed by atoms with Gasteiger partial charge in [-0.25, -0.2) is 9.78 Å². The van der Waals surface area contributed by atoms with Crippen LogP contribution in [0.15, 0.2) is 20.9 Å². The van der Waals surface area contributed by atoms with Gasteiger partial charge < -0.3 is 9.15 Å². The van der Waals surface area contributed by atoms with Crippen molar-refractivity contribution in [2.45, 2.75) is 72.0 Å². The van der Waals surface area contributed by atoms with Crippen LogP contribution < -0.4 is 10.2 Å². The average molecular weight is 374 g/mol. The van der Waals surface area contributed by atoms with E-state index in [1.165, 1.54) is 5.57 Å². The van der Waals surface area contributed by atoms with Gasteiger partial charge in [0.2, 0.25) is 0 Å². The summed E-state index contributed by atoms with van der Waals surface area (Å²) in [7, 11) is 1.54. The second-order valence-electron chi connectivity index (χ2n) is 9.18. The summed E-state index contributed by atoms with van der Waals surface area (Å²) in [6, 6.07) is 0. The van der Waals surface area contributed by atoms with Crippen molar-refractivity contribution in [1.82, 2.24) is 0 Å². The zero-order valence-electron chi connectivity index (χ0n) is 17.6. The first kappa shape index (κ1) is 18.8. The number of hydrogen-bond acceptors (Lipinski definition) is 5. The SMILES string of the molecule is CC[C@H]1[C@](C)(c2oc(OC)c(C)c(=O)c2C)[C@H]2[C@]1(C)[C@H]1OO[C@]2(C)C=C1C. The Bertz CT molecular complexity index is 899. The van der Waals surface area contributed by atoms with Gasteiger partial charge in [-0.1, -0.05) is 27.2 Å². The summed E-state index contributed by atoms with van der Waals surface area (Å²) in [4.78, 5) is 24.6. The molecule has 0 spiro atoms. The van der Waals surface area contributed by atoms with E-state index in [1.807, 2.05) is 6.92 Å². The predicted octanol–water partition coefficient (Wildman–Crippen LogP) is 4.23. The molecule has 0 unspecified atom stereocenters. The largest absolute Gasteiger partial charge is 0.468 e. The molecule has 2 bridgehead atoms. The third-order valence-electron chi connectivity index (χ3n) is 7.69. The lowest BCUT2D eigenvalue weighted by molar-refractivity contribution is -0.478. The van der Waals surface area contributed by atoms with E-state index < -0.39 is 5.60 Å². The maximum absolute atomic E-state index is 12.9. The highest BCUT2D eigenvalue weighted by Gasteiger charge is 2.78. The zero-order chi connectivity index (χ0) is 19.9. The molecule has 4 aliphatic rings. The Morgan fingerprint density at radius 2 is 1.81 bits per heavy atom. The number of fused-ring (bicyclic) bond motifs is 1. The van der Waals surface area contributed by atoms with E-state index in [-0.39, 0.29) is 28.3 Å². The Kier molecular flexibility index (Phi) is 3.81. The van der Waals surface area contributed by atoms with Gasteiger partial charge in [-0.3, -0.25) is 4.79 Å². The highest BCUT2D eigenvalue weighted by Crippen LogP contribution is 2.75. The van der Waals surface area contributed by atoms with Crippen molar-refractivity contribution >= 4 is 0 Å². The second kappa shape index (κ2) is 5.48. The van der Waals surface area contributed by atoms with Crippen molar-refractivity contribution in [3.05, 3.63) is 38.8 Å². The molecule has 0 radical (unpaired) electrons. The van der Waals surface area contributed by atoms with Crippen LogP contribution in [0.2, 0.25) is 0 Å². The van der Waals surface area contributed by atoms with Gasteiger partial charge in [-0.2, -0.15) is 0 Å². The minimum atomic E-state index is -0.558. The Balaban J connectivity index is 1.97. The summed E-state index contributed by atoms with van der Waals surface area (Å²) < 4.78 is 11.6. The fraction of sp³-hybridized carbons (Fsp3) is 0.682. The lowest BCUT2D eigenvalue weighted by Gasteiger charge is -2.75. The number of methoxy groups -OCH3 is 1. The smallest absolute Gasteiger partial charge is 0.291 e. The molecule has 2 aliphatic heterocycles. The van der Waals surface area contributed by atoms with Crippen LogP contribution in [0.25, 0.3) is 0 Å². The average Bonchev–Trinajstić information content (AvgIpc) is 2.58. The highest BCUT2D eigenvalue weighted by molar-refractivity contribution is 5.44. The van der Waals surface area contributed by atoms with E-state index >= 15 is 0 Å². The molecule has 27 heavy (non-hydrogen) atoms. The minimum Gasteiger partial charge on any atom is -0.468 e. The first-order valence-electron chi connectivity index (χ1n) is 9.79. The Hall–Kier alpha value is -1.59. The van der Waals surface area contributed by atoms with Crippen molar-refractivity contribution < 1.29 is 18.9 Å². The van der Waals surface area contributed by atoms with Crippen LogP contribution in [-0.2, 0) is 15.2 Å². The molecule has 1 saturated heterocycles. The fourth-order valence-electron chi connectivity index (χ4n) is 7.24. The first-order valence-corrected chi connectivity index (χ1v) is 9.79. The lowest BCUT2D eigenvalue weighted by Crippen LogP contribution is -2.79. The van der Waals surface area contributed by atoms with Gasteiger partial charge in [0.25, 0.3) is 5.95 Å². The van der Waals surface area contributed by atoms with Crippen molar-refractivity contribution in [3.8, 4) is 5.95 Å². The minimum absolute atomic E-state index is 0.00667. The second-order valence-corrected chi connectivity index (χ2v) is 9.18. The van der Waals surface area contributed by atoms with Crippen LogP contribution in [0.5, 0.6) is 5.95 Å². The molecule has 2 fully saturated rings. The van der Waals surface area contributed by atoms with Crippen molar-refractivity contribution in [1.29, 1.82) is 0 Å². The van der Waals surface area contributed by atoms with Gasteiger partial charge >= 0.3 is 0 Å². The Morgan fingerprint density at radius 3 is 2.37 bits per heavy atom. The molecule has 0 N–H and O–H groups in total. The van der Waals surface area contributed by atoms with Crippen LogP contribution in [0.1, 0.15) is 57.9 Å². The molecule has 0 aromatic carbocycles. The number of hydrogen-bond donors (Lipinski definition) is 0. The summed E-state index contributed by atoms with van der Waals surface area (Å²) in [6.07, 6.45) is 3.09. The summed E-state index contributed by atoms with van der Waals surface area (Å²) in [6.45, 7) is 14.5. The predicted molar refractivity (Wildman–Crippen MR) is 102 cm³/mol. The van der Waals surface area contributed by atoms with E-state index in [1.54, 1.807) is 14.0 Å². The van der Waals surface area contributed by atoms with Gasteiger partial charge in [-0.15, -0.1) is 0 Å². The van der Waals surface area contributed by atoms with Crippen molar-refractivity contribution in [3.63, 3.8) is 0 Å². The summed E-state index contributed by atoms with van der Waals surface area (Å²) >= 11 is 0. The van der Waals surface area contributed by atoms with Crippen LogP contribution >= 0.6 is 0 Å². The first-order chi connectivity index (χ1) is 12.6. The number of rotatable bonds is 3. The molecule has 5 rings (SSSR count). The Morgan fingerprint density at radius 1 is 1.15 bits per heavy atom. The lowest BCUT2D eigenvalue weighted by atomic mass is 9.32. The molecule has 1 saturated carbocycles. The van der Waals surface area contributed by atoms with Crippen LogP contribution in [0.4, 0.5) is 0 Å². The molecular formula is C22H30O5. The quantitative estimate of drug-likeness (QED) is 0.585. The molecule has 3 heterocycles. The number of ether oxygens (including phenoxy) is 1. The molecule has 2 aliphatic carbocycles. The molecule has 0 amide bonds. The topological polar surface area (TPSA) is 57.9 Å². The molecular weight excluding hydrogens is 344 g/mol. The molecule has 5 nitrogen and oxygen atoms in total. The van der Waals surface area contributed by atoms with Gasteiger partial charge in [0, 0.05) is 22.3 Å². The molecule has 1 aromatic rings. The van der Waals surface area contributed by atoms with E-state index in [9.17, 15) is 4.79 Å². The zero-order valence-corrected chi connectivity index (χ0v) is 17.6. The van der Waals surface area contributed by atoms with Gasteiger partial charge in [0.1, 0.15) is 17.5 Å². The molecule has 5 heteroatoms. The van der Waals surface area contributed by atoms with Gasteiger partial charge in [0.15, 0.2) is 5.43 Å². The van der Waals surface area contributed by atoms with Crippen LogP contribution in [-0.4, -0.2) is 18.8 Å². The van der Waals surface area contributed by atoms with Crippen molar-refractivity contribution in [2.75, 3.05) is 7.11 Å². The molecule has 148 valence electrons. The van der Waals surface area contributed by atoms with Crippen LogP contribution in [0.3, 0.4) is 0 Å². The molecule has 1 aromatic heterocycles. The normalized spacial score (nSPS) is 42.4. The Labute approximate surface area is 160 Å². The third kappa shape index (κ3) is 1.94. The maximum atomic E-state index is 12.9. The van der Waals surface area contributed by atoms with Crippen LogP contribution in [0, 0.1) is 31.1 Å². The van der Waals surface area contributed by atoms with Crippen molar-refractivity contribution in [2.24, 2.45) is 17.3 Å². The highest BCUT2D eigenvalue weighted by atomic mass is 17.2. The third-order valence-corrected chi connectivity index (χ3v) is 7.69. The van der Waals surface area contributed by atoms with Gasteiger partial charge in [-0.05, 0) is 45.3 Å². The fourth-order valence-corrected chi connectivity index (χ4v) is 7.24. The van der Waals surface area contributed by atoms with Gasteiger partial charge in [0.05, 0.1) is 12.7 Å². The molecule has 6 atom stereocenters.